The summed E-state index contributed by atoms with van der Waals surface area (Å²) in [5.74, 6) is 1.34. The number of hydrogen-bond acceptors (Lipinski definition) is 3. The molecule has 1 heterocycles. The topological polar surface area (TPSA) is 44.5 Å². The third-order valence-electron chi connectivity index (χ3n) is 3.19. The molecule has 1 aliphatic heterocycles. The lowest BCUT2D eigenvalue weighted by molar-refractivity contribution is 0.0422. The highest BCUT2D eigenvalue weighted by atomic mass is 16.5. The van der Waals surface area contributed by atoms with Crippen LogP contribution < -0.4 is 10.5 Å². The minimum Gasteiger partial charge on any atom is -0.497 e. The molecular formula is C13H19NO2. The Hall–Kier alpha value is -1.06. The van der Waals surface area contributed by atoms with Crippen LogP contribution >= 0.6 is 0 Å². The SMILES string of the molecule is COc1ccc(C[C@@H]2COCC[C@H]2N)cc1. The van der Waals surface area contributed by atoms with Crippen LogP contribution in [0, 0.1) is 5.92 Å². The third-order valence-corrected chi connectivity index (χ3v) is 3.19. The summed E-state index contributed by atoms with van der Waals surface area (Å²) in [7, 11) is 1.68. The molecular weight excluding hydrogens is 202 g/mol. The first-order valence-corrected chi connectivity index (χ1v) is 5.76. The molecule has 0 unspecified atom stereocenters. The van der Waals surface area contributed by atoms with Crippen molar-refractivity contribution in [2.45, 2.75) is 18.9 Å². The van der Waals surface area contributed by atoms with Gasteiger partial charge in [-0.15, -0.1) is 0 Å². The van der Waals surface area contributed by atoms with Gasteiger partial charge in [0.05, 0.1) is 13.7 Å². The predicted molar refractivity (Wildman–Crippen MR) is 63.6 cm³/mol. The highest BCUT2D eigenvalue weighted by molar-refractivity contribution is 5.27. The zero-order valence-electron chi connectivity index (χ0n) is 9.69. The molecule has 1 aliphatic rings. The van der Waals surface area contributed by atoms with Crippen LogP contribution in [0.3, 0.4) is 0 Å². The zero-order chi connectivity index (χ0) is 11.4. The molecule has 16 heavy (non-hydrogen) atoms. The van der Waals surface area contributed by atoms with E-state index in [9.17, 15) is 0 Å². The van der Waals surface area contributed by atoms with E-state index < -0.39 is 0 Å². The second-order valence-corrected chi connectivity index (χ2v) is 4.34. The normalized spacial score (nSPS) is 25.4. The average Bonchev–Trinajstić information content (AvgIpc) is 2.33. The Morgan fingerprint density at radius 3 is 2.75 bits per heavy atom. The highest BCUT2D eigenvalue weighted by Gasteiger charge is 2.22. The summed E-state index contributed by atoms with van der Waals surface area (Å²) in [4.78, 5) is 0. The summed E-state index contributed by atoms with van der Waals surface area (Å²) < 4.78 is 10.6. The Morgan fingerprint density at radius 1 is 1.38 bits per heavy atom. The third kappa shape index (κ3) is 2.74. The Bertz CT molecular complexity index is 323. The van der Waals surface area contributed by atoms with Crippen LogP contribution in [-0.2, 0) is 11.2 Å². The molecule has 0 saturated carbocycles. The smallest absolute Gasteiger partial charge is 0.118 e. The van der Waals surface area contributed by atoms with Gasteiger partial charge in [-0.3, -0.25) is 0 Å². The Kier molecular flexibility index (Phi) is 3.80. The average molecular weight is 221 g/mol. The predicted octanol–water partition coefficient (Wildman–Crippen LogP) is 1.60. The summed E-state index contributed by atoms with van der Waals surface area (Å²) in [5.41, 5.74) is 7.38. The van der Waals surface area contributed by atoms with Crippen molar-refractivity contribution in [3.05, 3.63) is 29.8 Å². The van der Waals surface area contributed by atoms with Crippen molar-refractivity contribution in [2.75, 3.05) is 20.3 Å². The number of hydrogen-bond donors (Lipinski definition) is 1. The van der Waals surface area contributed by atoms with Crippen LogP contribution in [0.25, 0.3) is 0 Å². The van der Waals surface area contributed by atoms with Gasteiger partial charge in [0, 0.05) is 18.6 Å². The summed E-state index contributed by atoms with van der Waals surface area (Å²) in [6.45, 7) is 1.59. The van der Waals surface area contributed by atoms with Crippen LogP contribution in [0.15, 0.2) is 24.3 Å². The van der Waals surface area contributed by atoms with E-state index in [0.717, 1.165) is 31.8 Å². The van der Waals surface area contributed by atoms with Gasteiger partial charge >= 0.3 is 0 Å². The maximum absolute atomic E-state index is 6.08. The zero-order valence-corrected chi connectivity index (χ0v) is 9.69. The van der Waals surface area contributed by atoms with Gasteiger partial charge in [0.2, 0.25) is 0 Å². The first kappa shape index (κ1) is 11.4. The minimum atomic E-state index is 0.274. The lowest BCUT2D eigenvalue weighted by atomic mass is 9.90. The lowest BCUT2D eigenvalue weighted by Crippen LogP contribution is -2.39. The summed E-state index contributed by atoms with van der Waals surface area (Å²) in [6, 6.07) is 8.45. The molecule has 2 atom stereocenters. The van der Waals surface area contributed by atoms with Gasteiger partial charge in [-0.1, -0.05) is 12.1 Å². The van der Waals surface area contributed by atoms with Crippen molar-refractivity contribution >= 4 is 0 Å². The van der Waals surface area contributed by atoms with Crippen LogP contribution in [-0.4, -0.2) is 26.4 Å². The summed E-state index contributed by atoms with van der Waals surface area (Å²) >= 11 is 0. The summed E-state index contributed by atoms with van der Waals surface area (Å²) in [5, 5.41) is 0. The molecule has 1 saturated heterocycles. The van der Waals surface area contributed by atoms with Crippen LogP contribution in [0.5, 0.6) is 5.75 Å². The molecule has 1 aromatic rings. The fraction of sp³-hybridized carbons (Fsp3) is 0.538. The highest BCUT2D eigenvalue weighted by Crippen LogP contribution is 2.20. The van der Waals surface area contributed by atoms with E-state index >= 15 is 0 Å². The number of rotatable bonds is 3. The van der Waals surface area contributed by atoms with Crippen molar-refractivity contribution < 1.29 is 9.47 Å². The lowest BCUT2D eigenvalue weighted by Gasteiger charge is -2.28. The van der Waals surface area contributed by atoms with Gasteiger partial charge < -0.3 is 15.2 Å². The van der Waals surface area contributed by atoms with E-state index in [1.807, 2.05) is 12.1 Å². The largest absolute Gasteiger partial charge is 0.497 e. The maximum atomic E-state index is 6.08. The second-order valence-electron chi connectivity index (χ2n) is 4.34. The quantitative estimate of drug-likeness (QED) is 0.843. The molecule has 0 spiro atoms. The molecule has 0 radical (unpaired) electrons. The van der Waals surface area contributed by atoms with Crippen LogP contribution in [0.2, 0.25) is 0 Å². The van der Waals surface area contributed by atoms with Crippen molar-refractivity contribution in [3.63, 3.8) is 0 Å². The molecule has 2 rings (SSSR count). The van der Waals surface area contributed by atoms with E-state index in [1.165, 1.54) is 5.56 Å². The van der Waals surface area contributed by atoms with Gasteiger partial charge in [0.1, 0.15) is 5.75 Å². The molecule has 88 valence electrons. The molecule has 1 fully saturated rings. The molecule has 0 bridgehead atoms. The van der Waals surface area contributed by atoms with E-state index in [-0.39, 0.29) is 6.04 Å². The molecule has 3 heteroatoms. The van der Waals surface area contributed by atoms with Crippen molar-refractivity contribution in [2.24, 2.45) is 11.7 Å². The fourth-order valence-corrected chi connectivity index (χ4v) is 2.09. The minimum absolute atomic E-state index is 0.274. The standard InChI is InChI=1S/C13H19NO2/c1-15-12-4-2-10(3-5-12)8-11-9-16-7-6-13(11)14/h2-5,11,13H,6-9,14H2,1H3/t11-,13-/m1/s1. The van der Waals surface area contributed by atoms with Gasteiger partial charge in [-0.2, -0.15) is 0 Å². The Morgan fingerprint density at radius 2 is 2.12 bits per heavy atom. The molecule has 2 N–H and O–H groups in total. The number of methoxy groups -OCH3 is 1. The first-order valence-electron chi connectivity index (χ1n) is 5.76. The number of benzene rings is 1. The van der Waals surface area contributed by atoms with Gasteiger partial charge in [0.15, 0.2) is 0 Å². The second kappa shape index (κ2) is 5.32. The van der Waals surface area contributed by atoms with Crippen LogP contribution in [0.1, 0.15) is 12.0 Å². The van der Waals surface area contributed by atoms with Crippen LogP contribution in [0.4, 0.5) is 0 Å². The van der Waals surface area contributed by atoms with Gasteiger partial charge in [-0.25, -0.2) is 0 Å². The molecule has 0 aliphatic carbocycles. The van der Waals surface area contributed by atoms with Crippen molar-refractivity contribution in [1.29, 1.82) is 0 Å². The molecule has 0 amide bonds. The number of nitrogens with two attached hydrogens (primary N) is 1. The van der Waals surface area contributed by atoms with E-state index in [4.69, 9.17) is 15.2 Å². The first-order chi connectivity index (χ1) is 7.79. The van der Waals surface area contributed by atoms with Gasteiger partial charge in [-0.05, 0) is 30.5 Å². The summed E-state index contributed by atoms with van der Waals surface area (Å²) in [6.07, 6.45) is 1.96. The van der Waals surface area contributed by atoms with E-state index in [0.29, 0.717) is 5.92 Å². The molecule has 1 aromatic carbocycles. The molecule has 3 nitrogen and oxygen atoms in total. The van der Waals surface area contributed by atoms with Crippen molar-refractivity contribution in [1.82, 2.24) is 0 Å². The monoisotopic (exact) mass is 221 g/mol. The van der Waals surface area contributed by atoms with Crippen molar-refractivity contribution in [3.8, 4) is 5.75 Å². The van der Waals surface area contributed by atoms with Gasteiger partial charge in [0.25, 0.3) is 0 Å². The van der Waals surface area contributed by atoms with E-state index in [1.54, 1.807) is 7.11 Å². The molecule has 0 aromatic heterocycles. The Balaban J connectivity index is 1.96. The Labute approximate surface area is 96.5 Å². The maximum Gasteiger partial charge on any atom is 0.118 e. The fourth-order valence-electron chi connectivity index (χ4n) is 2.09. The number of ether oxygens (including phenoxy) is 2. The van der Waals surface area contributed by atoms with E-state index in [2.05, 4.69) is 12.1 Å².